The summed E-state index contributed by atoms with van der Waals surface area (Å²) in [6.07, 6.45) is 3.53. The molecule has 1 fully saturated rings. The van der Waals surface area contributed by atoms with Crippen LogP contribution in [0, 0.1) is 11.7 Å². The lowest BCUT2D eigenvalue weighted by molar-refractivity contribution is 0.0497. The first-order valence-electron chi connectivity index (χ1n) is 12.1. The molecule has 5 rings (SSSR count). The van der Waals surface area contributed by atoms with Crippen molar-refractivity contribution in [3.63, 3.8) is 0 Å². The van der Waals surface area contributed by atoms with Crippen LogP contribution in [0.1, 0.15) is 34.8 Å². The third-order valence-electron chi connectivity index (χ3n) is 6.20. The van der Waals surface area contributed by atoms with Crippen molar-refractivity contribution in [1.82, 2.24) is 20.2 Å². The largest absolute Gasteiger partial charge is 0.493 e. The highest BCUT2D eigenvalue weighted by Crippen LogP contribution is 2.37. The molecule has 1 aliphatic rings. The fourth-order valence-electron chi connectivity index (χ4n) is 4.11. The molecule has 11 heteroatoms. The molecule has 0 spiro atoms. The van der Waals surface area contributed by atoms with Gasteiger partial charge in [0, 0.05) is 42.0 Å². The molecule has 4 aromatic rings. The number of carbonyl (C=O) groups is 1. The average molecular weight is 556 g/mol. The van der Waals surface area contributed by atoms with Crippen LogP contribution in [0.5, 0.6) is 5.75 Å². The maximum Gasteiger partial charge on any atom is 0.296 e. The fourth-order valence-corrected chi connectivity index (χ4v) is 4.54. The topological polar surface area (TPSA) is 102 Å². The summed E-state index contributed by atoms with van der Waals surface area (Å²) in [5, 5.41) is 10.1. The van der Waals surface area contributed by atoms with Gasteiger partial charge in [0.05, 0.1) is 11.6 Å². The maximum absolute atomic E-state index is 13.9. The Bertz CT molecular complexity index is 1440. The molecule has 2 aromatic heterocycles. The second-order valence-corrected chi connectivity index (χ2v) is 9.70. The van der Waals surface area contributed by atoms with Gasteiger partial charge in [0.2, 0.25) is 5.82 Å². The Morgan fingerprint density at radius 2 is 1.89 bits per heavy atom. The standard InChI is InChI=1S/C27H24Cl2FN5O3/c28-21-6-5-18(38-15-16-7-9-37-10-8-16)12-19(21)20-13-24(31-14-22(20)29)33-27(36)26-32-25(34-35-26)11-17-3-1-2-4-23(17)30/h1-6,12-14,16H,7-11,15H2,(H,31,33,36)(H,32,34,35). The molecule has 2 N–H and O–H groups in total. The lowest BCUT2D eigenvalue weighted by Gasteiger charge is -2.22. The Balaban J connectivity index is 1.29. The SMILES string of the molecule is O=C(Nc1cc(-c2cc(OCC3CCOCC3)ccc2Cl)c(Cl)cn1)c1n[nH]c(Cc2ccccc2F)n1. The molecule has 0 saturated carbocycles. The summed E-state index contributed by atoms with van der Waals surface area (Å²) >= 11 is 12.9. The molecule has 0 unspecified atom stereocenters. The van der Waals surface area contributed by atoms with Crippen LogP contribution in [0.15, 0.2) is 54.7 Å². The van der Waals surface area contributed by atoms with Gasteiger partial charge in [-0.25, -0.2) is 14.4 Å². The van der Waals surface area contributed by atoms with Crippen LogP contribution in [0.4, 0.5) is 10.2 Å². The molecule has 0 atom stereocenters. The van der Waals surface area contributed by atoms with E-state index >= 15 is 0 Å². The number of halogens is 3. The monoisotopic (exact) mass is 555 g/mol. The van der Waals surface area contributed by atoms with Gasteiger partial charge in [0.1, 0.15) is 23.2 Å². The smallest absolute Gasteiger partial charge is 0.296 e. The number of nitrogens with one attached hydrogen (secondary N) is 2. The fraction of sp³-hybridized carbons (Fsp3) is 0.259. The van der Waals surface area contributed by atoms with Crippen LogP contribution >= 0.6 is 23.2 Å². The highest BCUT2D eigenvalue weighted by atomic mass is 35.5. The number of hydrogen-bond donors (Lipinski definition) is 2. The summed E-state index contributed by atoms with van der Waals surface area (Å²) in [6, 6.07) is 13.3. The van der Waals surface area contributed by atoms with Crippen LogP contribution in [-0.2, 0) is 11.2 Å². The summed E-state index contributed by atoms with van der Waals surface area (Å²) in [4.78, 5) is 21.2. The summed E-state index contributed by atoms with van der Waals surface area (Å²) < 4.78 is 25.4. The van der Waals surface area contributed by atoms with Crippen molar-refractivity contribution >= 4 is 34.9 Å². The van der Waals surface area contributed by atoms with Gasteiger partial charge in [-0.2, -0.15) is 0 Å². The number of benzene rings is 2. The van der Waals surface area contributed by atoms with E-state index in [1.165, 1.54) is 12.3 Å². The summed E-state index contributed by atoms with van der Waals surface area (Å²) in [6.45, 7) is 2.09. The van der Waals surface area contributed by atoms with E-state index in [1.54, 1.807) is 30.3 Å². The molecular weight excluding hydrogens is 532 g/mol. The van der Waals surface area contributed by atoms with E-state index < -0.39 is 5.91 Å². The van der Waals surface area contributed by atoms with E-state index in [4.69, 9.17) is 32.7 Å². The molecule has 2 aromatic carbocycles. The number of amides is 1. The van der Waals surface area contributed by atoms with Crippen molar-refractivity contribution in [1.29, 1.82) is 0 Å². The zero-order valence-corrected chi connectivity index (χ0v) is 21.7. The Hall–Kier alpha value is -3.53. The highest BCUT2D eigenvalue weighted by Gasteiger charge is 2.18. The van der Waals surface area contributed by atoms with Gasteiger partial charge in [-0.1, -0.05) is 41.4 Å². The first kappa shape index (κ1) is 26.1. The summed E-state index contributed by atoms with van der Waals surface area (Å²) in [7, 11) is 0. The van der Waals surface area contributed by atoms with Crippen molar-refractivity contribution in [2.24, 2.45) is 5.92 Å². The number of ether oxygens (including phenoxy) is 2. The van der Waals surface area contributed by atoms with Crippen molar-refractivity contribution < 1.29 is 18.7 Å². The minimum atomic E-state index is -0.582. The van der Waals surface area contributed by atoms with Crippen molar-refractivity contribution in [3.8, 4) is 16.9 Å². The minimum Gasteiger partial charge on any atom is -0.493 e. The second-order valence-electron chi connectivity index (χ2n) is 8.89. The quantitative estimate of drug-likeness (QED) is 0.278. The van der Waals surface area contributed by atoms with Gasteiger partial charge in [-0.15, -0.1) is 5.10 Å². The summed E-state index contributed by atoms with van der Waals surface area (Å²) in [5.74, 6) is 0.658. The van der Waals surface area contributed by atoms with Crippen molar-refractivity contribution in [2.45, 2.75) is 19.3 Å². The number of carbonyl (C=O) groups excluding carboxylic acids is 1. The molecule has 0 bridgehead atoms. The second kappa shape index (κ2) is 11.9. The number of anilines is 1. The van der Waals surface area contributed by atoms with Gasteiger partial charge in [-0.3, -0.25) is 9.89 Å². The minimum absolute atomic E-state index is 0.101. The maximum atomic E-state index is 13.9. The summed E-state index contributed by atoms with van der Waals surface area (Å²) in [5.41, 5.74) is 1.66. The third-order valence-corrected chi connectivity index (χ3v) is 6.83. The number of H-pyrrole nitrogens is 1. The van der Waals surface area contributed by atoms with E-state index in [0.29, 0.717) is 50.8 Å². The van der Waals surface area contributed by atoms with E-state index in [9.17, 15) is 9.18 Å². The lowest BCUT2D eigenvalue weighted by Crippen LogP contribution is -2.21. The molecule has 0 radical (unpaired) electrons. The zero-order valence-electron chi connectivity index (χ0n) is 20.2. The first-order valence-corrected chi connectivity index (χ1v) is 12.8. The average Bonchev–Trinajstić information content (AvgIpc) is 3.40. The predicted octanol–water partition coefficient (Wildman–Crippen LogP) is 5.96. The molecule has 0 aliphatic carbocycles. The molecule has 8 nitrogen and oxygen atoms in total. The van der Waals surface area contributed by atoms with E-state index in [1.807, 2.05) is 12.1 Å². The first-order chi connectivity index (χ1) is 18.5. The van der Waals surface area contributed by atoms with Crippen molar-refractivity contribution in [2.75, 3.05) is 25.1 Å². The van der Waals surface area contributed by atoms with Gasteiger partial charge < -0.3 is 14.8 Å². The highest BCUT2D eigenvalue weighted by molar-refractivity contribution is 6.36. The third kappa shape index (κ3) is 6.30. The Morgan fingerprint density at radius 1 is 1.11 bits per heavy atom. The van der Waals surface area contributed by atoms with Crippen LogP contribution in [-0.4, -0.2) is 45.9 Å². The van der Waals surface area contributed by atoms with Gasteiger partial charge in [0.25, 0.3) is 5.91 Å². The van der Waals surface area contributed by atoms with Crippen LogP contribution < -0.4 is 10.1 Å². The molecule has 1 saturated heterocycles. The lowest BCUT2D eigenvalue weighted by atomic mass is 10.0. The molecule has 38 heavy (non-hydrogen) atoms. The normalized spacial score (nSPS) is 13.9. The van der Waals surface area contributed by atoms with Crippen LogP contribution in [0.25, 0.3) is 11.1 Å². The van der Waals surface area contributed by atoms with E-state index in [-0.39, 0.29) is 23.9 Å². The Labute approximate surface area is 228 Å². The Kier molecular flexibility index (Phi) is 8.17. The zero-order chi connectivity index (χ0) is 26.5. The Morgan fingerprint density at radius 3 is 2.71 bits per heavy atom. The van der Waals surface area contributed by atoms with Gasteiger partial charge in [0.15, 0.2) is 0 Å². The van der Waals surface area contributed by atoms with Crippen LogP contribution in [0.2, 0.25) is 10.0 Å². The molecule has 1 amide bonds. The molecule has 3 heterocycles. The predicted molar refractivity (Wildman–Crippen MR) is 142 cm³/mol. The number of aromatic nitrogens is 4. The molecule has 1 aliphatic heterocycles. The van der Waals surface area contributed by atoms with E-state index in [0.717, 1.165) is 26.1 Å². The number of nitrogens with zero attached hydrogens (tertiary/aromatic N) is 3. The molecule has 196 valence electrons. The number of aromatic amines is 1. The molecular formula is C27H24Cl2FN5O3. The van der Waals surface area contributed by atoms with Crippen LogP contribution in [0.3, 0.4) is 0 Å². The number of rotatable bonds is 8. The number of pyridine rings is 1. The van der Waals surface area contributed by atoms with Gasteiger partial charge in [-0.05, 0) is 54.7 Å². The van der Waals surface area contributed by atoms with E-state index in [2.05, 4.69) is 25.5 Å². The number of hydrogen-bond acceptors (Lipinski definition) is 6. The van der Waals surface area contributed by atoms with Crippen molar-refractivity contribution in [3.05, 3.63) is 87.8 Å². The van der Waals surface area contributed by atoms with Gasteiger partial charge >= 0.3 is 0 Å².